The molecule has 0 bridgehead atoms. The number of ether oxygens (including phenoxy) is 2. The second-order valence-electron chi connectivity index (χ2n) is 5.77. The highest BCUT2D eigenvalue weighted by molar-refractivity contribution is 9.09. The van der Waals surface area contributed by atoms with Crippen molar-refractivity contribution in [3.8, 4) is 0 Å². The second kappa shape index (κ2) is 5.83. The van der Waals surface area contributed by atoms with Crippen LogP contribution in [0.1, 0.15) is 46.5 Å². The quantitative estimate of drug-likeness (QED) is 0.718. The van der Waals surface area contributed by atoms with Gasteiger partial charge >= 0.3 is 0 Å². The highest BCUT2D eigenvalue weighted by atomic mass is 79.9. The van der Waals surface area contributed by atoms with Crippen molar-refractivity contribution < 1.29 is 9.47 Å². The van der Waals surface area contributed by atoms with Gasteiger partial charge in [0.1, 0.15) is 0 Å². The van der Waals surface area contributed by atoms with E-state index in [1.165, 1.54) is 19.3 Å². The zero-order valence-corrected chi connectivity index (χ0v) is 12.6. The minimum absolute atomic E-state index is 0.0352. The Bertz CT molecular complexity index is 218. The van der Waals surface area contributed by atoms with E-state index in [0.29, 0.717) is 6.61 Å². The van der Waals surface area contributed by atoms with Gasteiger partial charge in [0.15, 0.2) is 0 Å². The van der Waals surface area contributed by atoms with Crippen molar-refractivity contribution in [1.29, 1.82) is 0 Å². The van der Waals surface area contributed by atoms with Crippen molar-refractivity contribution in [3.63, 3.8) is 0 Å². The number of rotatable bonds is 5. The van der Waals surface area contributed by atoms with Gasteiger partial charge in [-0.1, -0.05) is 35.7 Å². The smallest absolute Gasteiger partial charge is 0.0855 e. The molecule has 96 valence electrons. The average molecular weight is 293 g/mol. The van der Waals surface area contributed by atoms with Crippen molar-refractivity contribution in [1.82, 2.24) is 0 Å². The molecule has 3 heteroatoms. The van der Waals surface area contributed by atoms with E-state index in [0.717, 1.165) is 17.7 Å². The van der Waals surface area contributed by atoms with Gasteiger partial charge in [0.25, 0.3) is 0 Å². The lowest BCUT2D eigenvalue weighted by molar-refractivity contribution is -0.127. The predicted octanol–water partition coefficient (Wildman–Crippen LogP) is 3.77. The molecule has 1 rings (SSSR count). The molecule has 0 spiro atoms. The van der Waals surface area contributed by atoms with Gasteiger partial charge in [-0.2, -0.15) is 0 Å². The number of alkyl halides is 1. The Labute approximate surface area is 108 Å². The number of methoxy groups -OCH3 is 1. The molecule has 2 unspecified atom stereocenters. The molecule has 1 fully saturated rings. The van der Waals surface area contributed by atoms with Crippen LogP contribution in [0.2, 0.25) is 0 Å². The van der Waals surface area contributed by atoms with Gasteiger partial charge in [0.05, 0.1) is 17.8 Å². The van der Waals surface area contributed by atoms with Crippen molar-refractivity contribution in [2.75, 3.05) is 19.0 Å². The second-order valence-corrected chi connectivity index (χ2v) is 6.33. The first-order chi connectivity index (χ1) is 7.43. The predicted molar refractivity (Wildman–Crippen MR) is 71.2 cm³/mol. The van der Waals surface area contributed by atoms with E-state index in [9.17, 15) is 0 Å². The Balaban J connectivity index is 2.53. The maximum absolute atomic E-state index is 6.17. The Morgan fingerprint density at radius 2 is 2.12 bits per heavy atom. The molecule has 0 aromatic rings. The van der Waals surface area contributed by atoms with E-state index in [1.807, 2.05) is 0 Å². The van der Waals surface area contributed by atoms with Crippen LogP contribution in [0.15, 0.2) is 0 Å². The molecular weight excluding hydrogens is 268 g/mol. The molecule has 2 atom stereocenters. The highest BCUT2D eigenvalue weighted by Gasteiger charge is 2.36. The van der Waals surface area contributed by atoms with Gasteiger partial charge in [-0.05, 0) is 32.6 Å². The Kier molecular flexibility index (Phi) is 5.27. The van der Waals surface area contributed by atoms with Crippen molar-refractivity contribution in [3.05, 3.63) is 0 Å². The maximum atomic E-state index is 6.17. The minimum Gasteiger partial charge on any atom is -0.376 e. The summed E-state index contributed by atoms with van der Waals surface area (Å²) in [5, 5.41) is 0.935. The number of hydrogen-bond acceptors (Lipinski definition) is 2. The van der Waals surface area contributed by atoms with Gasteiger partial charge in [0.2, 0.25) is 0 Å². The zero-order chi connectivity index (χ0) is 12.2. The minimum atomic E-state index is -0.185. The molecule has 16 heavy (non-hydrogen) atoms. The summed E-state index contributed by atoms with van der Waals surface area (Å²) in [6, 6.07) is 0. The lowest BCUT2D eigenvalue weighted by atomic mass is 9.80. The Hall–Kier alpha value is 0.400. The third-order valence-electron chi connectivity index (χ3n) is 3.57. The van der Waals surface area contributed by atoms with Crippen LogP contribution in [-0.4, -0.2) is 30.2 Å². The first-order valence-electron chi connectivity index (χ1n) is 6.18. The zero-order valence-electron chi connectivity index (χ0n) is 11.0. The third-order valence-corrected chi connectivity index (χ3v) is 4.59. The summed E-state index contributed by atoms with van der Waals surface area (Å²) in [7, 11) is 1.74. The van der Waals surface area contributed by atoms with Crippen LogP contribution in [0.25, 0.3) is 0 Å². The lowest BCUT2D eigenvalue weighted by Crippen LogP contribution is -2.43. The van der Waals surface area contributed by atoms with E-state index >= 15 is 0 Å². The lowest BCUT2D eigenvalue weighted by Gasteiger charge is -2.40. The summed E-state index contributed by atoms with van der Waals surface area (Å²) in [5.41, 5.74) is -0.149. The van der Waals surface area contributed by atoms with Crippen LogP contribution in [0.4, 0.5) is 0 Å². The summed E-state index contributed by atoms with van der Waals surface area (Å²) in [6.45, 7) is 7.13. The number of halogens is 1. The van der Waals surface area contributed by atoms with Crippen molar-refractivity contribution in [2.24, 2.45) is 5.92 Å². The molecule has 0 saturated heterocycles. The molecule has 0 heterocycles. The average Bonchev–Trinajstić information content (AvgIpc) is 2.27. The van der Waals surface area contributed by atoms with Gasteiger partial charge in [-0.15, -0.1) is 0 Å². The standard InChI is InChI=1S/C13H25BrO2/c1-11-6-5-7-13(8-11,9-14)16-10-12(2,3)15-4/h11H,5-10H2,1-4H3. The topological polar surface area (TPSA) is 18.5 Å². The van der Waals surface area contributed by atoms with Crippen LogP contribution in [0.3, 0.4) is 0 Å². The monoisotopic (exact) mass is 292 g/mol. The van der Waals surface area contributed by atoms with Gasteiger partial charge in [-0.25, -0.2) is 0 Å². The van der Waals surface area contributed by atoms with Crippen LogP contribution in [0, 0.1) is 5.92 Å². The molecule has 0 radical (unpaired) electrons. The van der Waals surface area contributed by atoms with Gasteiger partial charge < -0.3 is 9.47 Å². The molecule has 0 aliphatic heterocycles. The molecule has 1 aliphatic rings. The normalized spacial score (nSPS) is 31.7. The number of hydrogen-bond donors (Lipinski definition) is 0. The van der Waals surface area contributed by atoms with E-state index in [-0.39, 0.29) is 11.2 Å². The van der Waals surface area contributed by atoms with E-state index < -0.39 is 0 Å². The third kappa shape index (κ3) is 4.01. The Morgan fingerprint density at radius 1 is 1.44 bits per heavy atom. The van der Waals surface area contributed by atoms with Crippen molar-refractivity contribution >= 4 is 15.9 Å². The van der Waals surface area contributed by atoms with E-state index in [4.69, 9.17) is 9.47 Å². The van der Waals surface area contributed by atoms with Crippen LogP contribution in [-0.2, 0) is 9.47 Å². The molecule has 0 N–H and O–H groups in total. The summed E-state index contributed by atoms with van der Waals surface area (Å²) >= 11 is 3.62. The summed E-state index contributed by atoms with van der Waals surface area (Å²) in [5.74, 6) is 0.775. The maximum Gasteiger partial charge on any atom is 0.0855 e. The fourth-order valence-electron chi connectivity index (χ4n) is 2.29. The van der Waals surface area contributed by atoms with Crippen LogP contribution >= 0.6 is 15.9 Å². The SMILES string of the molecule is COC(C)(C)COC1(CBr)CCCC(C)C1. The molecule has 0 amide bonds. The van der Waals surface area contributed by atoms with Crippen molar-refractivity contribution in [2.45, 2.75) is 57.7 Å². The molecule has 0 aromatic heterocycles. The fraction of sp³-hybridized carbons (Fsp3) is 1.00. The summed E-state index contributed by atoms with van der Waals surface area (Å²) in [4.78, 5) is 0. The molecule has 0 aromatic carbocycles. The molecule has 1 saturated carbocycles. The first kappa shape index (κ1) is 14.5. The molecular formula is C13H25BrO2. The largest absolute Gasteiger partial charge is 0.376 e. The first-order valence-corrected chi connectivity index (χ1v) is 7.30. The van der Waals surface area contributed by atoms with Gasteiger partial charge in [-0.3, -0.25) is 0 Å². The highest BCUT2D eigenvalue weighted by Crippen LogP contribution is 2.37. The molecule has 1 aliphatic carbocycles. The Morgan fingerprint density at radius 3 is 2.62 bits per heavy atom. The molecule has 2 nitrogen and oxygen atoms in total. The summed E-state index contributed by atoms with van der Waals surface area (Å²) < 4.78 is 11.6. The van der Waals surface area contributed by atoms with Crippen LogP contribution in [0.5, 0.6) is 0 Å². The van der Waals surface area contributed by atoms with Crippen LogP contribution < -0.4 is 0 Å². The van der Waals surface area contributed by atoms with E-state index in [1.54, 1.807) is 7.11 Å². The van der Waals surface area contributed by atoms with E-state index in [2.05, 4.69) is 36.7 Å². The fourth-order valence-corrected chi connectivity index (χ4v) is 2.96. The van der Waals surface area contributed by atoms with Gasteiger partial charge in [0, 0.05) is 12.4 Å². The summed E-state index contributed by atoms with van der Waals surface area (Å²) in [6.07, 6.45) is 4.95.